The first-order chi connectivity index (χ1) is 16.1. The average Bonchev–Trinajstić information content (AvgIpc) is 2.83. The van der Waals surface area contributed by atoms with Gasteiger partial charge in [-0.3, -0.25) is 9.10 Å². The Morgan fingerprint density at radius 1 is 0.824 bits per heavy atom. The van der Waals surface area contributed by atoms with Crippen molar-refractivity contribution in [1.82, 2.24) is 4.90 Å². The van der Waals surface area contributed by atoms with Crippen LogP contribution in [0.2, 0.25) is 0 Å². The van der Waals surface area contributed by atoms with Gasteiger partial charge in [-0.05, 0) is 43.7 Å². The standard InChI is InChI=1S/C26H30N2O5S/c1-19-6-10-21(11-7-19)17-27(3)26(29)18-28(22-12-8-20(2)9-13-22)34(30,31)23-14-15-24(32-4)25(16-23)33-5/h6-16H,17-18H2,1-5H3. The summed E-state index contributed by atoms with van der Waals surface area (Å²) >= 11 is 0. The summed E-state index contributed by atoms with van der Waals surface area (Å²) in [4.78, 5) is 14.7. The van der Waals surface area contributed by atoms with Crippen molar-refractivity contribution in [3.8, 4) is 11.5 Å². The number of hydrogen-bond donors (Lipinski definition) is 0. The Labute approximate surface area is 201 Å². The molecule has 3 rings (SSSR count). The quantitative estimate of drug-likeness (QED) is 0.458. The van der Waals surface area contributed by atoms with E-state index < -0.39 is 10.0 Å². The fraction of sp³-hybridized carbons (Fsp3) is 0.269. The van der Waals surface area contributed by atoms with E-state index in [1.807, 2.05) is 50.2 Å². The van der Waals surface area contributed by atoms with Crippen molar-refractivity contribution < 1.29 is 22.7 Å². The van der Waals surface area contributed by atoms with Gasteiger partial charge in [-0.2, -0.15) is 0 Å². The summed E-state index contributed by atoms with van der Waals surface area (Å²) in [6.07, 6.45) is 0. The molecule has 0 atom stereocenters. The molecule has 3 aromatic carbocycles. The normalized spacial score (nSPS) is 11.1. The molecule has 0 N–H and O–H groups in total. The molecule has 0 radical (unpaired) electrons. The van der Waals surface area contributed by atoms with Gasteiger partial charge in [-0.25, -0.2) is 8.42 Å². The van der Waals surface area contributed by atoms with E-state index in [0.717, 1.165) is 21.0 Å². The van der Waals surface area contributed by atoms with Gasteiger partial charge in [0.05, 0.1) is 24.8 Å². The topological polar surface area (TPSA) is 76.2 Å². The number of carbonyl (C=O) groups excluding carboxylic acids is 1. The van der Waals surface area contributed by atoms with Crippen molar-refractivity contribution in [1.29, 1.82) is 0 Å². The average molecular weight is 483 g/mol. The third-order valence-electron chi connectivity index (χ3n) is 5.51. The molecule has 1 amide bonds. The van der Waals surface area contributed by atoms with Crippen molar-refractivity contribution in [2.75, 3.05) is 32.1 Å². The van der Waals surface area contributed by atoms with Crippen LogP contribution in [0.4, 0.5) is 5.69 Å². The van der Waals surface area contributed by atoms with Crippen LogP contribution in [0.15, 0.2) is 71.6 Å². The summed E-state index contributed by atoms with van der Waals surface area (Å²) in [5.74, 6) is 0.373. The van der Waals surface area contributed by atoms with Crippen LogP contribution in [0.1, 0.15) is 16.7 Å². The van der Waals surface area contributed by atoms with Crippen LogP contribution in [0, 0.1) is 13.8 Å². The number of nitrogens with zero attached hydrogens (tertiary/aromatic N) is 2. The van der Waals surface area contributed by atoms with E-state index in [0.29, 0.717) is 18.0 Å². The first kappa shape index (κ1) is 25.1. The van der Waals surface area contributed by atoms with E-state index in [-0.39, 0.29) is 23.1 Å². The molecule has 0 aliphatic heterocycles. The second-order valence-electron chi connectivity index (χ2n) is 8.10. The van der Waals surface area contributed by atoms with E-state index in [2.05, 4.69) is 0 Å². The van der Waals surface area contributed by atoms with Gasteiger partial charge in [-0.15, -0.1) is 0 Å². The number of benzene rings is 3. The van der Waals surface area contributed by atoms with Crippen molar-refractivity contribution >= 4 is 21.6 Å². The van der Waals surface area contributed by atoms with Gasteiger partial charge >= 0.3 is 0 Å². The minimum atomic E-state index is -4.08. The third kappa shape index (κ3) is 5.69. The third-order valence-corrected chi connectivity index (χ3v) is 7.28. The summed E-state index contributed by atoms with van der Waals surface area (Å²) in [7, 11) is 0.503. The monoisotopic (exact) mass is 482 g/mol. The molecule has 7 nitrogen and oxygen atoms in total. The molecule has 0 fully saturated rings. The molecule has 34 heavy (non-hydrogen) atoms. The van der Waals surface area contributed by atoms with Crippen LogP contribution in [-0.2, 0) is 21.4 Å². The van der Waals surface area contributed by atoms with Crippen molar-refractivity contribution in [3.63, 3.8) is 0 Å². The van der Waals surface area contributed by atoms with Crippen molar-refractivity contribution in [2.24, 2.45) is 0 Å². The van der Waals surface area contributed by atoms with Gasteiger partial charge in [0, 0.05) is 19.7 Å². The minimum Gasteiger partial charge on any atom is -0.493 e. The highest BCUT2D eigenvalue weighted by Crippen LogP contribution is 2.32. The maximum absolute atomic E-state index is 13.7. The van der Waals surface area contributed by atoms with Crippen LogP contribution >= 0.6 is 0 Å². The van der Waals surface area contributed by atoms with Gasteiger partial charge in [0.15, 0.2) is 11.5 Å². The first-order valence-electron chi connectivity index (χ1n) is 10.8. The highest BCUT2D eigenvalue weighted by Gasteiger charge is 2.29. The van der Waals surface area contributed by atoms with Crippen molar-refractivity contribution in [3.05, 3.63) is 83.4 Å². The van der Waals surface area contributed by atoms with Crippen molar-refractivity contribution in [2.45, 2.75) is 25.3 Å². The lowest BCUT2D eigenvalue weighted by Gasteiger charge is -2.27. The molecular weight excluding hydrogens is 452 g/mol. The molecule has 8 heteroatoms. The molecule has 0 unspecified atom stereocenters. The molecule has 0 heterocycles. The number of sulfonamides is 1. The van der Waals surface area contributed by atoms with Gasteiger partial charge < -0.3 is 14.4 Å². The predicted molar refractivity (Wildman–Crippen MR) is 133 cm³/mol. The highest BCUT2D eigenvalue weighted by atomic mass is 32.2. The number of hydrogen-bond acceptors (Lipinski definition) is 5. The Bertz CT molecular complexity index is 1240. The van der Waals surface area contributed by atoms with E-state index in [1.165, 1.54) is 37.3 Å². The zero-order chi connectivity index (χ0) is 24.9. The van der Waals surface area contributed by atoms with E-state index in [1.54, 1.807) is 19.2 Å². The van der Waals surface area contributed by atoms with Crippen LogP contribution in [-0.4, -0.2) is 47.0 Å². The summed E-state index contributed by atoms with van der Waals surface area (Å²) < 4.78 is 39.0. The first-order valence-corrected chi connectivity index (χ1v) is 12.2. The molecule has 0 aliphatic rings. The molecule has 0 spiro atoms. The summed E-state index contributed by atoms with van der Waals surface area (Å²) in [5.41, 5.74) is 3.47. The smallest absolute Gasteiger partial charge is 0.264 e. The maximum atomic E-state index is 13.7. The lowest BCUT2D eigenvalue weighted by Crippen LogP contribution is -2.41. The van der Waals surface area contributed by atoms with Gasteiger partial charge in [0.1, 0.15) is 6.54 Å². The van der Waals surface area contributed by atoms with Crippen LogP contribution in [0.5, 0.6) is 11.5 Å². The van der Waals surface area contributed by atoms with E-state index in [9.17, 15) is 13.2 Å². The minimum absolute atomic E-state index is 0.000266. The van der Waals surface area contributed by atoms with Gasteiger partial charge in [0.25, 0.3) is 10.0 Å². The summed E-state index contributed by atoms with van der Waals surface area (Å²) in [6, 6.07) is 19.3. The molecule has 0 aromatic heterocycles. The Hall–Kier alpha value is -3.52. The Balaban J connectivity index is 1.94. The number of carbonyl (C=O) groups is 1. The van der Waals surface area contributed by atoms with Gasteiger partial charge in [-0.1, -0.05) is 47.5 Å². The molecule has 0 saturated heterocycles. The zero-order valence-corrected chi connectivity index (χ0v) is 20.9. The van der Waals surface area contributed by atoms with Crippen LogP contribution in [0.3, 0.4) is 0 Å². The molecule has 0 saturated carbocycles. The zero-order valence-electron chi connectivity index (χ0n) is 20.1. The number of amides is 1. The van der Waals surface area contributed by atoms with Crippen LogP contribution in [0.25, 0.3) is 0 Å². The van der Waals surface area contributed by atoms with E-state index in [4.69, 9.17) is 9.47 Å². The number of ether oxygens (including phenoxy) is 2. The number of anilines is 1. The Morgan fingerprint density at radius 3 is 1.94 bits per heavy atom. The number of likely N-dealkylation sites (N-methyl/N-ethyl adjacent to an activating group) is 1. The second kappa shape index (κ2) is 10.6. The fourth-order valence-corrected chi connectivity index (χ4v) is 4.86. The fourth-order valence-electron chi connectivity index (χ4n) is 3.43. The lowest BCUT2D eigenvalue weighted by atomic mass is 10.1. The molecule has 180 valence electrons. The number of methoxy groups -OCH3 is 2. The molecule has 0 aliphatic carbocycles. The second-order valence-corrected chi connectivity index (χ2v) is 9.96. The van der Waals surface area contributed by atoms with Crippen LogP contribution < -0.4 is 13.8 Å². The number of aryl methyl sites for hydroxylation is 2. The lowest BCUT2D eigenvalue weighted by molar-refractivity contribution is -0.128. The number of rotatable bonds is 9. The largest absolute Gasteiger partial charge is 0.493 e. The summed E-state index contributed by atoms with van der Waals surface area (Å²) in [6.45, 7) is 3.94. The Morgan fingerprint density at radius 2 is 1.38 bits per heavy atom. The highest BCUT2D eigenvalue weighted by molar-refractivity contribution is 7.92. The molecule has 3 aromatic rings. The molecule has 0 bridgehead atoms. The summed E-state index contributed by atoms with van der Waals surface area (Å²) in [5, 5.41) is 0. The van der Waals surface area contributed by atoms with E-state index >= 15 is 0 Å². The Kier molecular flexibility index (Phi) is 7.83. The predicted octanol–water partition coefficient (Wildman–Crippen LogP) is 4.17. The molecular formula is C26H30N2O5S. The SMILES string of the molecule is COc1ccc(S(=O)(=O)N(CC(=O)N(C)Cc2ccc(C)cc2)c2ccc(C)cc2)cc1OC. The maximum Gasteiger partial charge on any atom is 0.264 e. The van der Waals surface area contributed by atoms with Gasteiger partial charge in [0.2, 0.25) is 5.91 Å².